The summed E-state index contributed by atoms with van der Waals surface area (Å²) in [5.41, 5.74) is 5.36. The van der Waals surface area contributed by atoms with E-state index in [4.69, 9.17) is 14.2 Å². The summed E-state index contributed by atoms with van der Waals surface area (Å²) in [6, 6.07) is 9.40. The van der Waals surface area contributed by atoms with Crippen LogP contribution in [0.1, 0.15) is 36.5 Å². The highest BCUT2D eigenvalue weighted by Gasteiger charge is 2.13. The fraction of sp³-hybridized carbons (Fsp3) is 0.300. The molecule has 0 spiro atoms. The first-order valence-corrected chi connectivity index (χ1v) is 9.37. The number of fused-ring (bicyclic) bond motifs is 1. The van der Waals surface area contributed by atoms with Crippen molar-refractivity contribution in [2.75, 3.05) is 13.4 Å². The molecule has 142 valence electrons. The first-order valence-electron chi connectivity index (χ1n) is 8.58. The monoisotopic (exact) mass is 432 g/mol. The van der Waals surface area contributed by atoms with Crippen molar-refractivity contribution in [1.82, 2.24) is 5.43 Å². The lowest BCUT2D eigenvalue weighted by molar-refractivity contribution is -0.123. The van der Waals surface area contributed by atoms with Crippen molar-refractivity contribution in [3.63, 3.8) is 0 Å². The second kappa shape index (κ2) is 8.43. The number of nitrogens with one attached hydrogen (secondary N) is 1. The van der Waals surface area contributed by atoms with Gasteiger partial charge in [0.2, 0.25) is 6.79 Å². The van der Waals surface area contributed by atoms with Crippen molar-refractivity contribution in [2.24, 2.45) is 5.10 Å². The Labute approximate surface area is 166 Å². The summed E-state index contributed by atoms with van der Waals surface area (Å²) in [4.78, 5) is 12.0. The van der Waals surface area contributed by atoms with Gasteiger partial charge >= 0.3 is 0 Å². The predicted octanol–water partition coefficient (Wildman–Crippen LogP) is 4.14. The number of rotatable bonds is 6. The fourth-order valence-corrected chi connectivity index (χ4v) is 2.96. The highest BCUT2D eigenvalue weighted by molar-refractivity contribution is 9.10. The van der Waals surface area contributed by atoms with E-state index in [1.165, 1.54) is 0 Å². The number of halogens is 1. The molecule has 0 bridgehead atoms. The third kappa shape index (κ3) is 4.80. The number of aryl methyl sites for hydroxylation is 1. The standard InChI is InChI=1S/C20H21BrN2O4/c1-12(2)15-8-16(21)13(3)6-18(15)25-10-20(24)23-22-9-14-4-5-17-19(7-14)27-11-26-17/h4-9,12H,10-11H2,1-3H3,(H,23,24)/b22-9-. The third-order valence-electron chi connectivity index (χ3n) is 4.07. The Kier molecular flexibility index (Phi) is 6.01. The molecule has 0 aliphatic carbocycles. The second-order valence-electron chi connectivity index (χ2n) is 6.49. The molecular weight excluding hydrogens is 412 g/mol. The summed E-state index contributed by atoms with van der Waals surface area (Å²) in [7, 11) is 0. The molecule has 1 aliphatic heterocycles. The van der Waals surface area contributed by atoms with Crippen molar-refractivity contribution < 1.29 is 19.0 Å². The highest BCUT2D eigenvalue weighted by atomic mass is 79.9. The van der Waals surface area contributed by atoms with Crippen molar-refractivity contribution in [2.45, 2.75) is 26.7 Å². The largest absolute Gasteiger partial charge is 0.483 e. The summed E-state index contributed by atoms with van der Waals surface area (Å²) in [5, 5.41) is 3.96. The van der Waals surface area contributed by atoms with Gasteiger partial charge in [-0.15, -0.1) is 0 Å². The van der Waals surface area contributed by atoms with Gasteiger partial charge in [-0.05, 0) is 59.9 Å². The zero-order valence-electron chi connectivity index (χ0n) is 15.4. The summed E-state index contributed by atoms with van der Waals surface area (Å²) in [6.07, 6.45) is 1.54. The molecule has 1 heterocycles. The molecular formula is C20H21BrN2O4. The number of hydrogen-bond donors (Lipinski definition) is 1. The maximum Gasteiger partial charge on any atom is 0.277 e. The lowest BCUT2D eigenvalue weighted by Gasteiger charge is -2.15. The number of ether oxygens (including phenoxy) is 3. The molecule has 0 aromatic heterocycles. The number of carbonyl (C=O) groups is 1. The first kappa shape index (κ1) is 19.2. The molecule has 2 aromatic rings. The Balaban J connectivity index is 1.56. The van der Waals surface area contributed by atoms with Gasteiger partial charge in [-0.25, -0.2) is 5.43 Å². The van der Waals surface area contributed by atoms with Crippen LogP contribution in [0, 0.1) is 6.92 Å². The molecule has 0 saturated heterocycles. The van der Waals surface area contributed by atoms with Gasteiger partial charge in [-0.3, -0.25) is 4.79 Å². The Hall–Kier alpha value is -2.54. The molecule has 7 heteroatoms. The van der Waals surface area contributed by atoms with Crippen LogP contribution < -0.4 is 19.6 Å². The topological polar surface area (TPSA) is 69.2 Å². The SMILES string of the molecule is Cc1cc(OCC(=O)N/N=C\c2ccc3c(c2)OCO3)c(C(C)C)cc1Br. The van der Waals surface area contributed by atoms with Gasteiger partial charge in [0, 0.05) is 4.47 Å². The molecule has 3 rings (SSSR count). The molecule has 2 aromatic carbocycles. The van der Waals surface area contributed by atoms with E-state index in [2.05, 4.69) is 40.3 Å². The minimum absolute atomic E-state index is 0.112. The van der Waals surface area contributed by atoms with Crippen LogP contribution in [0.15, 0.2) is 39.9 Å². The average molecular weight is 433 g/mol. The number of benzene rings is 2. The van der Waals surface area contributed by atoms with Crippen LogP contribution in [0.3, 0.4) is 0 Å². The Morgan fingerprint density at radius 3 is 2.85 bits per heavy atom. The van der Waals surface area contributed by atoms with Crippen LogP contribution in [-0.4, -0.2) is 25.5 Å². The Bertz CT molecular complexity index is 881. The van der Waals surface area contributed by atoms with E-state index in [-0.39, 0.29) is 25.2 Å². The zero-order chi connectivity index (χ0) is 19.4. The fourth-order valence-electron chi connectivity index (χ4n) is 2.59. The summed E-state index contributed by atoms with van der Waals surface area (Å²) < 4.78 is 17.3. The van der Waals surface area contributed by atoms with Gasteiger partial charge < -0.3 is 14.2 Å². The smallest absolute Gasteiger partial charge is 0.277 e. The lowest BCUT2D eigenvalue weighted by atomic mass is 10.0. The van der Waals surface area contributed by atoms with E-state index in [1.54, 1.807) is 18.3 Å². The average Bonchev–Trinajstić information content (AvgIpc) is 3.10. The van der Waals surface area contributed by atoms with Gasteiger partial charge in [0.15, 0.2) is 18.1 Å². The van der Waals surface area contributed by atoms with Crippen molar-refractivity contribution >= 4 is 28.1 Å². The molecule has 27 heavy (non-hydrogen) atoms. The summed E-state index contributed by atoms with van der Waals surface area (Å²) in [5.74, 6) is 2.03. The number of carbonyl (C=O) groups excluding carboxylic acids is 1. The lowest BCUT2D eigenvalue weighted by Crippen LogP contribution is -2.25. The van der Waals surface area contributed by atoms with Gasteiger partial charge in [0.25, 0.3) is 5.91 Å². The summed E-state index contributed by atoms with van der Waals surface area (Å²) >= 11 is 3.53. The highest BCUT2D eigenvalue weighted by Crippen LogP contribution is 2.33. The maximum absolute atomic E-state index is 12.0. The Morgan fingerprint density at radius 1 is 1.30 bits per heavy atom. The second-order valence-corrected chi connectivity index (χ2v) is 7.34. The maximum atomic E-state index is 12.0. The first-order chi connectivity index (χ1) is 12.9. The van der Waals surface area contributed by atoms with Gasteiger partial charge in [0.1, 0.15) is 5.75 Å². The van der Waals surface area contributed by atoms with E-state index in [0.717, 1.165) is 21.2 Å². The van der Waals surface area contributed by atoms with Crippen LogP contribution in [0.4, 0.5) is 0 Å². The van der Waals surface area contributed by atoms with E-state index in [9.17, 15) is 4.79 Å². The molecule has 6 nitrogen and oxygen atoms in total. The number of hydrogen-bond acceptors (Lipinski definition) is 5. The van der Waals surface area contributed by atoms with Crippen LogP contribution in [0.2, 0.25) is 0 Å². The van der Waals surface area contributed by atoms with Crippen LogP contribution in [-0.2, 0) is 4.79 Å². The quantitative estimate of drug-likeness (QED) is 0.549. The van der Waals surface area contributed by atoms with E-state index < -0.39 is 0 Å². The Morgan fingerprint density at radius 2 is 2.07 bits per heavy atom. The van der Waals surface area contributed by atoms with Crippen LogP contribution in [0.5, 0.6) is 17.2 Å². The zero-order valence-corrected chi connectivity index (χ0v) is 17.0. The van der Waals surface area contributed by atoms with Gasteiger partial charge in [-0.1, -0.05) is 29.8 Å². The number of hydrazone groups is 1. The predicted molar refractivity (Wildman–Crippen MR) is 107 cm³/mol. The molecule has 1 amide bonds. The number of amides is 1. The van der Waals surface area contributed by atoms with E-state index in [0.29, 0.717) is 17.2 Å². The van der Waals surface area contributed by atoms with Crippen molar-refractivity contribution in [3.05, 3.63) is 51.5 Å². The molecule has 0 atom stereocenters. The molecule has 1 N–H and O–H groups in total. The minimum atomic E-state index is -0.331. The third-order valence-corrected chi connectivity index (χ3v) is 4.93. The van der Waals surface area contributed by atoms with E-state index in [1.807, 2.05) is 25.1 Å². The molecule has 0 radical (unpaired) electrons. The van der Waals surface area contributed by atoms with Crippen molar-refractivity contribution in [3.8, 4) is 17.2 Å². The number of nitrogens with zero attached hydrogens (tertiary/aromatic N) is 1. The molecule has 0 unspecified atom stereocenters. The van der Waals surface area contributed by atoms with Crippen molar-refractivity contribution in [1.29, 1.82) is 0 Å². The van der Waals surface area contributed by atoms with Gasteiger partial charge in [-0.2, -0.15) is 5.10 Å². The molecule has 0 saturated carbocycles. The van der Waals surface area contributed by atoms with Gasteiger partial charge in [0.05, 0.1) is 6.21 Å². The van der Waals surface area contributed by atoms with Crippen LogP contribution >= 0.6 is 15.9 Å². The summed E-state index contributed by atoms with van der Waals surface area (Å²) in [6.45, 7) is 6.26. The molecule has 0 fully saturated rings. The molecule has 1 aliphatic rings. The normalized spacial score (nSPS) is 12.6. The van der Waals surface area contributed by atoms with Crippen LogP contribution in [0.25, 0.3) is 0 Å². The minimum Gasteiger partial charge on any atom is -0.483 e. The van der Waals surface area contributed by atoms with E-state index >= 15 is 0 Å².